The molecule has 3 unspecified atom stereocenters. The van der Waals surface area contributed by atoms with Crippen LogP contribution in [-0.4, -0.2) is 23.1 Å². The van der Waals surface area contributed by atoms with Crippen molar-refractivity contribution in [3.8, 4) is 0 Å². The SMILES string of the molecule is CCCC(CC1CC(=O)c2c(C)ccc(CCC(=O)CC)c2C1)C(CC)C(=O)CC(C)=O. The molecule has 2 rings (SSSR count). The van der Waals surface area contributed by atoms with E-state index in [1.807, 2.05) is 26.8 Å². The van der Waals surface area contributed by atoms with Gasteiger partial charge in [-0.2, -0.15) is 0 Å². The third kappa shape index (κ3) is 6.70. The lowest BCUT2D eigenvalue weighted by Crippen LogP contribution is -2.30. The molecule has 0 aromatic heterocycles. The second kappa shape index (κ2) is 12.2. The predicted octanol–water partition coefficient (Wildman–Crippen LogP) is 6.03. The second-order valence-corrected chi connectivity index (χ2v) is 9.63. The molecule has 0 amide bonds. The number of hydrogen-bond acceptors (Lipinski definition) is 4. The van der Waals surface area contributed by atoms with Gasteiger partial charge >= 0.3 is 0 Å². The smallest absolute Gasteiger partial charge is 0.163 e. The highest BCUT2D eigenvalue weighted by molar-refractivity contribution is 6.00. The van der Waals surface area contributed by atoms with Gasteiger partial charge in [-0.3, -0.25) is 19.2 Å². The van der Waals surface area contributed by atoms with Gasteiger partial charge in [0.1, 0.15) is 17.3 Å². The minimum Gasteiger partial charge on any atom is -0.300 e. The fraction of sp³-hybridized carbons (Fsp3) is 0.643. The van der Waals surface area contributed by atoms with E-state index in [-0.39, 0.29) is 47.3 Å². The van der Waals surface area contributed by atoms with Gasteiger partial charge in [-0.25, -0.2) is 0 Å². The summed E-state index contributed by atoms with van der Waals surface area (Å²) in [5.41, 5.74) is 4.11. The maximum Gasteiger partial charge on any atom is 0.163 e. The van der Waals surface area contributed by atoms with Gasteiger partial charge in [0.25, 0.3) is 0 Å². The van der Waals surface area contributed by atoms with Gasteiger partial charge in [0.15, 0.2) is 5.78 Å². The van der Waals surface area contributed by atoms with Crippen molar-refractivity contribution in [3.63, 3.8) is 0 Å². The van der Waals surface area contributed by atoms with Crippen molar-refractivity contribution in [1.82, 2.24) is 0 Å². The third-order valence-corrected chi connectivity index (χ3v) is 7.07. The highest BCUT2D eigenvalue weighted by atomic mass is 16.1. The van der Waals surface area contributed by atoms with Crippen molar-refractivity contribution in [3.05, 3.63) is 34.4 Å². The number of hydrogen-bond donors (Lipinski definition) is 0. The van der Waals surface area contributed by atoms with Gasteiger partial charge in [0, 0.05) is 30.7 Å². The molecule has 1 aromatic rings. The second-order valence-electron chi connectivity index (χ2n) is 9.63. The summed E-state index contributed by atoms with van der Waals surface area (Å²) in [5, 5.41) is 0. The van der Waals surface area contributed by atoms with Crippen LogP contribution in [0.15, 0.2) is 12.1 Å². The van der Waals surface area contributed by atoms with E-state index in [4.69, 9.17) is 0 Å². The van der Waals surface area contributed by atoms with E-state index in [1.165, 1.54) is 6.92 Å². The van der Waals surface area contributed by atoms with E-state index < -0.39 is 0 Å². The molecule has 3 atom stereocenters. The maximum atomic E-state index is 13.1. The van der Waals surface area contributed by atoms with Crippen LogP contribution in [-0.2, 0) is 27.2 Å². The molecule has 0 bridgehead atoms. The molecule has 1 aliphatic rings. The summed E-state index contributed by atoms with van der Waals surface area (Å²) in [5.74, 6) is 0.697. The molecule has 0 aliphatic heterocycles. The molecule has 32 heavy (non-hydrogen) atoms. The summed E-state index contributed by atoms with van der Waals surface area (Å²) in [7, 11) is 0. The van der Waals surface area contributed by atoms with Gasteiger partial charge in [-0.15, -0.1) is 0 Å². The molecular weight excluding hydrogens is 400 g/mol. The number of aryl methyl sites for hydroxylation is 2. The Kier molecular flexibility index (Phi) is 9.99. The standard InChI is InChI=1S/C28H40O4/c1-6-9-22(24(8-3)26(31)14-19(5)29)15-20-16-25-21(12-13-23(30)7-2)11-10-18(4)28(25)27(32)17-20/h10-11,20,22,24H,6-9,12-17H2,1-5H3. The number of fused-ring (bicyclic) bond motifs is 1. The molecule has 0 spiro atoms. The normalized spacial score (nSPS) is 17.5. The quantitative estimate of drug-likeness (QED) is 0.351. The van der Waals surface area contributed by atoms with Crippen molar-refractivity contribution in [1.29, 1.82) is 0 Å². The Hall–Kier alpha value is -2.10. The molecule has 4 nitrogen and oxygen atoms in total. The Morgan fingerprint density at radius 1 is 1.09 bits per heavy atom. The largest absolute Gasteiger partial charge is 0.300 e. The van der Waals surface area contributed by atoms with Gasteiger partial charge in [0.2, 0.25) is 0 Å². The first-order valence-corrected chi connectivity index (χ1v) is 12.4. The van der Waals surface area contributed by atoms with Gasteiger partial charge < -0.3 is 0 Å². The Balaban J connectivity index is 2.27. The zero-order chi connectivity index (χ0) is 23.8. The summed E-state index contributed by atoms with van der Waals surface area (Å²) >= 11 is 0. The minimum absolute atomic E-state index is 0.0138. The first kappa shape index (κ1) is 26.2. The fourth-order valence-electron chi connectivity index (χ4n) is 5.49. The van der Waals surface area contributed by atoms with Gasteiger partial charge in [-0.1, -0.05) is 45.7 Å². The maximum absolute atomic E-state index is 13.1. The van der Waals surface area contributed by atoms with Crippen LogP contribution in [0.1, 0.15) is 106 Å². The van der Waals surface area contributed by atoms with Crippen molar-refractivity contribution in [2.45, 2.75) is 98.8 Å². The lowest BCUT2D eigenvalue weighted by Gasteiger charge is -2.32. The molecule has 0 saturated heterocycles. The molecule has 0 saturated carbocycles. The van der Waals surface area contributed by atoms with Crippen LogP contribution in [0.3, 0.4) is 0 Å². The van der Waals surface area contributed by atoms with Crippen LogP contribution in [0.4, 0.5) is 0 Å². The molecule has 0 N–H and O–H groups in total. The van der Waals surface area contributed by atoms with E-state index in [9.17, 15) is 19.2 Å². The Morgan fingerprint density at radius 3 is 2.41 bits per heavy atom. The monoisotopic (exact) mass is 440 g/mol. The van der Waals surface area contributed by atoms with E-state index in [2.05, 4.69) is 13.0 Å². The molecule has 0 heterocycles. The van der Waals surface area contributed by atoms with Crippen molar-refractivity contribution in [2.75, 3.05) is 0 Å². The summed E-state index contributed by atoms with van der Waals surface area (Å²) in [6.07, 6.45) is 6.59. The summed E-state index contributed by atoms with van der Waals surface area (Å²) in [6.45, 7) is 9.51. The van der Waals surface area contributed by atoms with Crippen molar-refractivity contribution >= 4 is 23.1 Å². The number of benzene rings is 1. The first-order valence-electron chi connectivity index (χ1n) is 12.4. The zero-order valence-electron chi connectivity index (χ0n) is 20.6. The first-order chi connectivity index (χ1) is 15.2. The van der Waals surface area contributed by atoms with Gasteiger partial charge in [0.05, 0.1) is 6.42 Å². The fourth-order valence-corrected chi connectivity index (χ4v) is 5.49. The summed E-state index contributed by atoms with van der Waals surface area (Å²) < 4.78 is 0. The Morgan fingerprint density at radius 2 is 1.81 bits per heavy atom. The molecule has 0 fully saturated rings. The minimum atomic E-state index is -0.116. The lowest BCUT2D eigenvalue weighted by molar-refractivity contribution is -0.130. The number of ketones is 4. The Bertz CT molecular complexity index is 851. The van der Waals surface area contributed by atoms with Crippen LogP contribution < -0.4 is 0 Å². The molecule has 4 heteroatoms. The average Bonchev–Trinajstić information content (AvgIpc) is 2.72. The highest BCUT2D eigenvalue weighted by Crippen LogP contribution is 2.37. The van der Waals surface area contributed by atoms with E-state index in [0.717, 1.165) is 54.4 Å². The average molecular weight is 441 g/mol. The summed E-state index contributed by atoms with van der Waals surface area (Å²) in [4.78, 5) is 49.3. The van der Waals surface area contributed by atoms with Crippen LogP contribution in [0.2, 0.25) is 0 Å². The van der Waals surface area contributed by atoms with Crippen LogP contribution in [0.5, 0.6) is 0 Å². The number of rotatable bonds is 13. The predicted molar refractivity (Wildman–Crippen MR) is 128 cm³/mol. The van der Waals surface area contributed by atoms with Crippen LogP contribution in [0, 0.1) is 24.7 Å². The molecular formula is C28H40O4. The van der Waals surface area contributed by atoms with E-state index in [1.54, 1.807) is 0 Å². The van der Waals surface area contributed by atoms with Crippen molar-refractivity contribution < 1.29 is 19.2 Å². The van der Waals surface area contributed by atoms with Crippen LogP contribution in [0.25, 0.3) is 0 Å². The van der Waals surface area contributed by atoms with Crippen molar-refractivity contribution in [2.24, 2.45) is 17.8 Å². The lowest BCUT2D eigenvalue weighted by atomic mass is 9.71. The molecule has 176 valence electrons. The highest BCUT2D eigenvalue weighted by Gasteiger charge is 2.33. The Labute approximate surface area is 193 Å². The number of carbonyl (C=O) groups is 4. The summed E-state index contributed by atoms with van der Waals surface area (Å²) in [6, 6.07) is 4.10. The number of Topliss-reactive ketones (excluding diaryl/α,β-unsaturated/α-hetero) is 4. The van der Waals surface area contributed by atoms with Crippen LogP contribution >= 0.6 is 0 Å². The van der Waals surface area contributed by atoms with E-state index in [0.29, 0.717) is 25.7 Å². The third-order valence-electron chi connectivity index (χ3n) is 7.07. The topological polar surface area (TPSA) is 68.3 Å². The molecule has 1 aromatic carbocycles. The van der Waals surface area contributed by atoms with E-state index >= 15 is 0 Å². The van der Waals surface area contributed by atoms with Gasteiger partial charge in [-0.05, 0) is 68.1 Å². The zero-order valence-corrected chi connectivity index (χ0v) is 20.6. The number of carbonyl (C=O) groups excluding carboxylic acids is 4. The molecule has 1 aliphatic carbocycles. The molecule has 0 radical (unpaired) electrons.